The van der Waals surface area contributed by atoms with Gasteiger partial charge in [-0.1, -0.05) is 25.1 Å². The summed E-state index contributed by atoms with van der Waals surface area (Å²) in [6.45, 7) is 1.84. The molecule has 0 aliphatic carbocycles. The molecule has 1 heterocycles. The maximum atomic E-state index is 12.7. The first-order valence-electron chi connectivity index (χ1n) is 6.88. The first-order chi connectivity index (χ1) is 10.5. The van der Waals surface area contributed by atoms with Gasteiger partial charge in [-0.2, -0.15) is 0 Å². The quantitative estimate of drug-likeness (QED) is 0.722. The summed E-state index contributed by atoms with van der Waals surface area (Å²) < 4.78 is 3.06. The molecule has 3 rings (SSSR count). The number of nitrogens with zero attached hydrogens (tertiary/aromatic N) is 2. The molecule has 1 aromatic heterocycles. The van der Waals surface area contributed by atoms with E-state index in [1.54, 1.807) is 36.0 Å². The van der Waals surface area contributed by atoms with Crippen LogP contribution in [0.25, 0.3) is 16.8 Å². The first kappa shape index (κ1) is 14.1. The van der Waals surface area contributed by atoms with Crippen LogP contribution in [0.1, 0.15) is 12.6 Å². The lowest BCUT2D eigenvalue weighted by Crippen LogP contribution is -2.33. The van der Waals surface area contributed by atoms with Crippen molar-refractivity contribution in [2.75, 3.05) is 0 Å². The molecule has 6 nitrogen and oxygen atoms in total. The number of hydrogen-bond acceptors (Lipinski definition) is 4. The smallest absolute Gasteiger partial charge is 0.279 e. The van der Waals surface area contributed by atoms with E-state index < -0.39 is 22.2 Å². The Labute approximate surface area is 125 Å². The second kappa shape index (κ2) is 4.84. The molecular formula is C16H14N2O4. The topological polar surface area (TPSA) is 81.3 Å². The highest BCUT2D eigenvalue weighted by Gasteiger charge is 2.29. The molecule has 0 unspecified atom stereocenters. The molecule has 6 heteroatoms. The molecule has 0 atom stereocenters. The van der Waals surface area contributed by atoms with Crippen LogP contribution in [0.3, 0.4) is 0 Å². The van der Waals surface area contributed by atoms with Crippen molar-refractivity contribution in [3.8, 4) is 22.6 Å². The van der Waals surface area contributed by atoms with E-state index >= 15 is 0 Å². The molecule has 0 aliphatic heterocycles. The van der Waals surface area contributed by atoms with Crippen molar-refractivity contribution in [3.63, 3.8) is 0 Å². The van der Waals surface area contributed by atoms with Gasteiger partial charge >= 0.3 is 0 Å². The summed E-state index contributed by atoms with van der Waals surface area (Å²) in [5, 5.41) is 9.67. The Kier molecular flexibility index (Phi) is 3.09. The van der Waals surface area contributed by atoms with Gasteiger partial charge in [0.2, 0.25) is 5.43 Å². The van der Waals surface area contributed by atoms with Crippen LogP contribution in [0.2, 0.25) is 0 Å². The zero-order valence-corrected chi connectivity index (χ0v) is 12.2. The van der Waals surface area contributed by atoms with Gasteiger partial charge in [0.1, 0.15) is 0 Å². The van der Waals surface area contributed by atoms with Crippen LogP contribution in [-0.2, 0) is 13.5 Å². The molecule has 22 heavy (non-hydrogen) atoms. The Balaban J connectivity index is 2.37. The highest BCUT2D eigenvalue weighted by atomic mass is 16.3. The van der Waals surface area contributed by atoms with E-state index in [2.05, 4.69) is 0 Å². The third-order valence-corrected chi connectivity index (χ3v) is 3.86. The van der Waals surface area contributed by atoms with Crippen molar-refractivity contribution >= 4 is 0 Å². The maximum Gasteiger partial charge on any atom is 0.279 e. The average Bonchev–Trinajstić information content (AvgIpc) is 2.78. The lowest BCUT2D eigenvalue weighted by atomic mass is 9.99. The second-order valence-electron chi connectivity index (χ2n) is 5.03. The van der Waals surface area contributed by atoms with Crippen LogP contribution < -0.4 is 16.4 Å². The van der Waals surface area contributed by atoms with Gasteiger partial charge in [0.25, 0.3) is 11.0 Å². The highest BCUT2D eigenvalue weighted by Crippen LogP contribution is 2.26. The molecule has 1 N–H and O–H groups in total. The van der Waals surface area contributed by atoms with Crippen LogP contribution >= 0.6 is 0 Å². The van der Waals surface area contributed by atoms with Crippen LogP contribution in [0, 0.1) is 0 Å². The Morgan fingerprint density at radius 1 is 1.00 bits per heavy atom. The predicted octanol–water partition coefficient (Wildman–Crippen LogP) is 0.707. The normalized spacial score (nSPS) is 11.2. The van der Waals surface area contributed by atoms with Gasteiger partial charge in [0.15, 0.2) is 5.75 Å². The zero-order chi connectivity index (χ0) is 16.0. The molecule has 0 bridgehead atoms. The molecule has 2 aromatic carbocycles. The minimum atomic E-state index is -0.938. The van der Waals surface area contributed by atoms with E-state index in [9.17, 15) is 19.5 Å². The summed E-state index contributed by atoms with van der Waals surface area (Å²) in [5.74, 6) is -0.623. The number of hydrogen-bond donors (Lipinski definition) is 1. The minimum Gasteiger partial charge on any atom is -0.503 e. The monoisotopic (exact) mass is 298 g/mol. The fraction of sp³-hybridized carbons (Fsp3) is 0.188. The van der Waals surface area contributed by atoms with E-state index in [1.165, 1.54) is 4.68 Å². The molecule has 0 saturated heterocycles. The van der Waals surface area contributed by atoms with Crippen molar-refractivity contribution < 1.29 is 5.11 Å². The van der Waals surface area contributed by atoms with Crippen molar-refractivity contribution in [2.45, 2.75) is 13.3 Å². The van der Waals surface area contributed by atoms with E-state index in [0.717, 1.165) is 0 Å². The maximum absolute atomic E-state index is 12.7. The van der Waals surface area contributed by atoms with Crippen LogP contribution in [-0.4, -0.2) is 14.5 Å². The molecule has 3 aromatic rings. The SMILES string of the molecule is CCc1c(-c2c(O)c(=O)c2=O)c(=O)n(-c2ccccc2)n1C. The summed E-state index contributed by atoms with van der Waals surface area (Å²) in [6, 6.07) is 8.98. The Morgan fingerprint density at radius 2 is 1.64 bits per heavy atom. The van der Waals surface area contributed by atoms with E-state index in [4.69, 9.17) is 0 Å². The summed E-state index contributed by atoms with van der Waals surface area (Å²) >= 11 is 0. The number of aromatic hydroxyl groups is 1. The molecule has 0 fully saturated rings. The van der Waals surface area contributed by atoms with Crippen LogP contribution in [0.15, 0.2) is 44.7 Å². The van der Waals surface area contributed by atoms with E-state index in [0.29, 0.717) is 17.8 Å². The summed E-state index contributed by atoms with van der Waals surface area (Å²) in [6.07, 6.45) is 0.485. The molecule has 0 saturated carbocycles. The average molecular weight is 298 g/mol. The van der Waals surface area contributed by atoms with E-state index in [-0.39, 0.29) is 11.1 Å². The largest absolute Gasteiger partial charge is 0.503 e. The summed E-state index contributed by atoms with van der Waals surface area (Å²) in [7, 11) is 1.71. The van der Waals surface area contributed by atoms with Gasteiger partial charge < -0.3 is 5.11 Å². The molecule has 0 aliphatic rings. The minimum absolute atomic E-state index is 0.107. The molecule has 0 amide bonds. The number of aromatic nitrogens is 2. The Hall–Kier alpha value is -2.89. The van der Waals surface area contributed by atoms with Crippen molar-refractivity contribution in [2.24, 2.45) is 7.05 Å². The highest BCUT2D eigenvalue weighted by molar-refractivity contribution is 5.75. The Bertz CT molecular complexity index is 986. The fourth-order valence-electron chi connectivity index (χ4n) is 2.78. The lowest BCUT2D eigenvalue weighted by molar-refractivity contribution is 0.465. The molecule has 0 radical (unpaired) electrons. The van der Waals surface area contributed by atoms with E-state index in [1.807, 2.05) is 13.0 Å². The summed E-state index contributed by atoms with van der Waals surface area (Å²) in [4.78, 5) is 35.7. The standard InChI is InChI=1S/C16H14N2O4/c1-3-10-11(12-13(19)15(21)14(12)20)16(22)18(17(10)2)9-7-5-4-6-8-9/h4-8,19H,3H2,1-2H3. The second-order valence-corrected chi connectivity index (χ2v) is 5.03. The molecule has 112 valence electrons. The van der Waals surface area contributed by atoms with Crippen molar-refractivity contribution in [1.82, 2.24) is 9.36 Å². The number of para-hydroxylation sites is 1. The third-order valence-electron chi connectivity index (χ3n) is 3.86. The first-order valence-corrected chi connectivity index (χ1v) is 6.88. The fourth-order valence-corrected chi connectivity index (χ4v) is 2.78. The van der Waals surface area contributed by atoms with Crippen LogP contribution in [0.5, 0.6) is 5.75 Å². The van der Waals surface area contributed by atoms with Crippen molar-refractivity contribution in [1.29, 1.82) is 0 Å². The molecular weight excluding hydrogens is 284 g/mol. The molecule has 0 spiro atoms. The Morgan fingerprint density at radius 3 is 2.18 bits per heavy atom. The van der Waals surface area contributed by atoms with Crippen LogP contribution in [0.4, 0.5) is 0 Å². The van der Waals surface area contributed by atoms with Gasteiger partial charge in [-0.15, -0.1) is 0 Å². The van der Waals surface area contributed by atoms with Gasteiger partial charge in [-0.05, 0) is 18.6 Å². The number of rotatable bonds is 3. The number of benzene rings is 1. The van der Waals surface area contributed by atoms with Gasteiger partial charge in [-0.3, -0.25) is 19.1 Å². The summed E-state index contributed by atoms with van der Waals surface area (Å²) in [5.41, 5.74) is -0.992. The lowest BCUT2D eigenvalue weighted by Gasteiger charge is -2.09. The van der Waals surface area contributed by atoms with Gasteiger partial charge in [0, 0.05) is 12.7 Å². The predicted molar refractivity (Wildman–Crippen MR) is 82.4 cm³/mol. The van der Waals surface area contributed by atoms with Gasteiger partial charge in [-0.25, -0.2) is 4.68 Å². The van der Waals surface area contributed by atoms with Gasteiger partial charge in [0.05, 0.1) is 16.8 Å². The van der Waals surface area contributed by atoms with Crippen molar-refractivity contribution in [3.05, 3.63) is 66.8 Å². The third kappa shape index (κ3) is 1.70. The zero-order valence-electron chi connectivity index (χ0n) is 12.2.